The van der Waals surface area contributed by atoms with Crippen molar-refractivity contribution >= 4 is 50.1 Å². The lowest BCUT2D eigenvalue weighted by Gasteiger charge is -2.28. The smallest absolute Gasteiger partial charge is 0.342 e. The summed E-state index contributed by atoms with van der Waals surface area (Å²) in [6.07, 6.45) is 2.63. The minimum atomic E-state index is -0.403. The number of hydrogen-bond donors (Lipinski definition) is 0. The largest absolute Gasteiger partial charge is 0.422 e. The third-order valence-electron chi connectivity index (χ3n) is 5.39. The van der Waals surface area contributed by atoms with E-state index in [1.54, 1.807) is 6.07 Å². The summed E-state index contributed by atoms with van der Waals surface area (Å²) < 4.78 is 6.37. The molecule has 0 amide bonds. The van der Waals surface area contributed by atoms with E-state index >= 15 is 0 Å². The third kappa shape index (κ3) is 4.13. The molecule has 31 heavy (non-hydrogen) atoms. The zero-order valence-electron chi connectivity index (χ0n) is 16.2. The van der Waals surface area contributed by atoms with Crippen LogP contribution < -0.4 is 5.63 Å². The second kappa shape index (κ2) is 8.36. The van der Waals surface area contributed by atoms with E-state index < -0.39 is 5.63 Å². The van der Waals surface area contributed by atoms with Crippen molar-refractivity contribution < 1.29 is 4.42 Å². The summed E-state index contributed by atoms with van der Waals surface area (Å²) in [6, 6.07) is 12.9. The molecule has 3 heterocycles. The van der Waals surface area contributed by atoms with Crippen LogP contribution in [0.15, 0.2) is 62.3 Å². The Morgan fingerprint density at radius 1 is 1.13 bits per heavy atom. The van der Waals surface area contributed by atoms with Gasteiger partial charge in [0, 0.05) is 58.3 Å². The van der Waals surface area contributed by atoms with Crippen molar-refractivity contribution in [1.82, 2.24) is 14.9 Å². The molecule has 1 aliphatic heterocycles. The predicted molar refractivity (Wildman–Crippen MR) is 125 cm³/mol. The molecule has 0 saturated heterocycles. The van der Waals surface area contributed by atoms with Crippen LogP contribution in [0.5, 0.6) is 0 Å². The zero-order chi connectivity index (χ0) is 21.5. The Hall–Kier alpha value is -2.25. The summed E-state index contributed by atoms with van der Waals surface area (Å²) in [5, 5.41) is 1.84. The van der Waals surface area contributed by atoms with Gasteiger partial charge in [-0.2, -0.15) is 0 Å². The summed E-state index contributed by atoms with van der Waals surface area (Å²) in [6.45, 7) is 1.81. The van der Waals surface area contributed by atoms with Crippen LogP contribution in [0.1, 0.15) is 16.8 Å². The van der Waals surface area contributed by atoms with Crippen LogP contribution in [-0.4, -0.2) is 21.4 Å². The van der Waals surface area contributed by atoms with Gasteiger partial charge in [0.2, 0.25) is 0 Å². The molecule has 1 aliphatic rings. The number of fused-ring (bicyclic) bond motifs is 2. The number of nitrogens with zero attached hydrogens (tertiary/aromatic N) is 3. The molecule has 4 aromatic rings. The fourth-order valence-electron chi connectivity index (χ4n) is 3.78. The van der Waals surface area contributed by atoms with Gasteiger partial charge in [0.25, 0.3) is 0 Å². The number of halogens is 3. The molecule has 0 saturated carbocycles. The normalized spacial score (nSPS) is 14.0. The minimum absolute atomic E-state index is 0.403. The maximum absolute atomic E-state index is 12.6. The number of aromatic nitrogens is 2. The first-order valence-corrected chi connectivity index (χ1v) is 11.3. The second-order valence-electron chi connectivity index (χ2n) is 7.46. The van der Waals surface area contributed by atoms with E-state index in [2.05, 4.69) is 25.8 Å². The van der Waals surface area contributed by atoms with Gasteiger partial charge in [0.05, 0.1) is 16.3 Å². The van der Waals surface area contributed by atoms with E-state index in [0.29, 0.717) is 40.1 Å². The van der Waals surface area contributed by atoms with Gasteiger partial charge in [0.15, 0.2) is 5.82 Å². The number of rotatable bonds is 3. The van der Waals surface area contributed by atoms with E-state index in [9.17, 15) is 4.79 Å². The monoisotopic (exact) mass is 515 g/mol. The molecule has 0 fully saturated rings. The molecular weight excluding hydrogens is 501 g/mol. The predicted octanol–water partition coefficient (Wildman–Crippen LogP) is 5.88. The number of benzene rings is 2. The van der Waals surface area contributed by atoms with Crippen molar-refractivity contribution in [3.05, 3.63) is 90.4 Å². The number of hydrogen-bond acceptors (Lipinski definition) is 5. The van der Waals surface area contributed by atoms with Gasteiger partial charge in [-0.1, -0.05) is 39.1 Å². The quantitative estimate of drug-likeness (QED) is 0.318. The molecule has 0 unspecified atom stereocenters. The fraction of sp³-hybridized carbons (Fsp3) is 0.174. The first kappa shape index (κ1) is 20.6. The first-order valence-electron chi connectivity index (χ1n) is 9.72. The molecule has 8 heteroatoms. The third-order valence-corrected chi connectivity index (χ3v) is 6.57. The van der Waals surface area contributed by atoms with E-state index in [1.807, 2.05) is 42.6 Å². The van der Waals surface area contributed by atoms with Gasteiger partial charge in [-0.25, -0.2) is 14.8 Å². The van der Waals surface area contributed by atoms with Gasteiger partial charge in [-0.15, -0.1) is 0 Å². The lowest BCUT2D eigenvalue weighted by Crippen LogP contribution is -2.32. The standard InChI is InChI=1S/C23H16BrCl2N3O2/c24-15-3-6-20-17(9-15)21(26)18(23(30)31-20)12-29-8-7-19-14(11-29)10-27-22(28-19)13-1-4-16(25)5-2-13/h1-6,9-10H,7-8,11-12H2. The SMILES string of the molecule is O=c1oc2ccc(Br)cc2c(Cl)c1CN1CCc2nc(-c3ccc(Cl)cc3)ncc2C1. The molecule has 0 spiro atoms. The molecule has 5 nitrogen and oxygen atoms in total. The Labute approximate surface area is 196 Å². The van der Waals surface area contributed by atoms with Crippen LogP contribution in [0.3, 0.4) is 0 Å². The second-order valence-corrected chi connectivity index (χ2v) is 9.19. The van der Waals surface area contributed by atoms with Crippen molar-refractivity contribution in [1.29, 1.82) is 0 Å². The average Bonchev–Trinajstić information content (AvgIpc) is 2.77. The molecule has 0 bridgehead atoms. The molecule has 0 radical (unpaired) electrons. The maximum atomic E-state index is 12.6. The Bertz CT molecular complexity index is 1360. The van der Waals surface area contributed by atoms with E-state index in [4.69, 9.17) is 32.6 Å². The summed E-state index contributed by atoms with van der Waals surface area (Å²) in [7, 11) is 0. The summed E-state index contributed by atoms with van der Waals surface area (Å²) in [5.41, 5.74) is 3.55. The Morgan fingerprint density at radius 3 is 2.74 bits per heavy atom. The van der Waals surface area contributed by atoms with E-state index in [1.165, 1.54) is 0 Å². The molecule has 2 aromatic heterocycles. The van der Waals surface area contributed by atoms with Crippen molar-refractivity contribution in [3.63, 3.8) is 0 Å². The highest BCUT2D eigenvalue weighted by Gasteiger charge is 2.22. The van der Waals surface area contributed by atoms with Crippen LogP contribution in [0.25, 0.3) is 22.4 Å². The molecule has 5 rings (SSSR count). The van der Waals surface area contributed by atoms with Crippen LogP contribution >= 0.6 is 39.1 Å². The van der Waals surface area contributed by atoms with Gasteiger partial charge >= 0.3 is 5.63 Å². The topological polar surface area (TPSA) is 59.2 Å². The van der Waals surface area contributed by atoms with Crippen LogP contribution in [0, 0.1) is 0 Å². The average molecular weight is 517 g/mol. The van der Waals surface area contributed by atoms with Crippen molar-refractivity contribution in [2.24, 2.45) is 0 Å². The lowest BCUT2D eigenvalue weighted by molar-refractivity contribution is 0.240. The molecule has 0 atom stereocenters. The van der Waals surface area contributed by atoms with Crippen LogP contribution in [-0.2, 0) is 19.5 Å². The Balaban J connectivity index is 1.40. The highest BCUT2D eigenvalue weighted by Crippen LogP contribution is 2.29. The lowest BCUT2D eigenvalue weighted by atomic mass is 10.1. The van der Waals surface area contributed by atoms with E-state index in [-0.39, 0.29) is 0 Å². The van der Waals surface area contributed by atoms with Crippen molar-refractivity contribution in [2.45, 2.75) is 19.5 Å². The van der Waals surface area contributed by atoms with Gasteiger partial charge in [0.1, 0.15) is 5.58 Å². The highest BCUT2D eigenvalue weighted by molar-refractivity contribution is 9.10. The summed E-state index contributed by atoms with van der Waals surface area (Å²) >= 11 is 16.0. The van der Waals surface area contributed by atoms with Crippen molar-refractivity contribution in [2.75, 3.05) is 6.54 Å². The van der Waals surface area contributed by atoms with Gasteiger partial charge in [-0.3, -0.25) is 4.90 Å². The Morgan fingerprint density at radius 2 is 1.94 bits per heavy atom. The first-order chi connectivity index (χ1) is 15.0. The minimum Gasteiger partial charge on any atom is -0.422 e. The maximum Gasteiger partial charge on any atom is 0.342 e. The Kier molecular flexibility index (Phi) is 5.56. The van der Waals surface area contributed by atoms with Crippen LogP contribution in [0.4, 0.5) is 0 Å². The molecular formula is C23H16BrCl2N3O2. The van der Waals surface area contributed by atoms with Crippen molar-refractivity contribution in [3.8, 4) is 11.4 Å². The molecule has 0 N–H and O–H groups in total. The fourth-order valence-corrected chi connectivity index (χ4v) is 4.55. The molecule has 156 valence electrons. The molecule has 0 aliphatic carbocycles. The van der Waals surface area contributed by atoms with Gasteiger partial charge < -0.3 is 4.42 Å². The zero-order valence-corrected chi connectivity index (χ0v) is 19.3. The molecule has 2 aromatic carbocycles. The summed E-state index contributed by atoms with van der Waals surface area (Å²) in [5.74, 6) is 0.688. The van der Waals surface area contributed by atoms with E-state index in [0.717, 1.165) is 39.6 Å². The van der Waals surface area contributed by atoms with Gasteiger partial charge in [-0.05, 0) is 42.5 Å². The van der Waals surface area contributed by atoms with Crippen LogP contribution in [0.2, 0.25) is 10.0 Å². The highest BCUT2D eigenvalue weighted by atomic mass is 79.9. The summed E-state index contributed by atoms with van der Waals surface area (Å²) in [4.78, 5) is 24.0.